The molecule has 0 atom stereocenters. The van der Waals surface area contributed by atoms with Gasteiger partial charge < -0.3 is 10.2 Å². The summed E-state index contributed by atoms with van der Waals surface area (Å²) in [5, 5.41) is 18.1. The Balaban J connectivity index is 2.97. The standard InChI is InChI=1S/C11H13NO3/c1-8(2)11(15)12(7-13)9-3-5-10(14)6-4-9/h3-6,13-14H,1,7H2,2H3. The van der Waals surface area contributed by atoms with Crippen LogP contribution in [0.2, 0.25) is 0 Å². The molecule has 0 aliphatic heterocycles. The van der Waals surface area contributed by atoms with Gasteiger partial charge in [-0.2, -0.15) is 0 Å². The van der Waals surface area contributed by atoms with Crippen LogP contribution in [0.1, 0.15) is 6.92 Å². The second-order valence-corrected chi connectivity index (χ2v) is 3.17. The van der Waals surface area contributed by atoms with E-state index in [2.05, 4.69) is 6.58 Å². The highest BCUT2D eigenvalue weighted by molar-refractivity contribution is 6.04. The first-order chi connectivity index (χ1) is 7.06. The molecule has 1 aromatic carbocycles. The second-order valence-electron chi connectivity index (χ2n) is 3.17. The van der Waals surface area contributed by atoms with E-state index >= 15 is 0 Å². The number of anilines is 1. The van der Waals surface area contributed by atoms with E-state index in [1.54, 1.807) is 19.1 Å². The number of phenolic OH excluding ortho intramolecular Hbond substituents is 1. The Morgan fingerprint density at radius 1 is 1.40 bits per heavy atom. The molecule has 80 valence electrons. The van der Waals surface area contributed by atoms with Crippen LogP contribution < -0.4 is 4.90 Å². The third-order valence-corrected chi connectivity index (χ3v) is 1.91. The van der Waals surface area contributed by atoms with Gasteiger partial charge in [0.05, 0.1) is 0 Å². The molecule has 15 heavy (non-hydrogen) atoms. The van der Waals surface area contributed by atoms with Crippen LogP contribution in [0, 0.1) is 0 Å². The van der Waals surface area contributed by atoms with Gasteiger partial charge in [0.2, 0.25) is 0 Å². The molecule has 1 aromatic rings. The molecule has 0 saturated heterocycles. The molecule has 0 saturated carbocycles. The summed E-state index contributed by atoms with van der Waals surface area (Å²) in [6.45, 7) is 4.67. The first-order valence-corrected chi connectivity index (χ1v) is 4.43. The van der Waals surface area contributed by atoms with Gasteiger partial charge in [0.25, 0.3) is 5.91 Å². The Bertz CT molecular complexity index is 370. The van der Waals surface area contributed by atoms with Gasteiger partial charge in [0.1, 0.15) is 12.5 Å². The average molecular weight is 207 g/mol. The van der Waals surface area contributed by atoms with Crippen LogP contribution >= 0.6 is 0 Å². The number of nitrogens with zero attached hydrogens (tertiary/aromatic N) is 1. The zero-order chi connectivity index (χ0) is 11.4. The topological polar surface area (TPSA) is 60.8 Å². The van der Waals surface area contributed by atoms with Gasteiger partial charge in [-0.05, 0) is 31.2 Å². The SMILES string of the molecule is C=C(C)C(=O)N(CO)c1ccc(O)cc1. The predicted octanol–water partition coefficient (Wildman–Crippen LogP) is 1.25. The molecule has 0 unspecified atom stereocenters. The van der Waals surface area contributed by atoms with Crippen LogP contribution in [-0.4, -0.2) is 22.9 Å². The van der Waals surface area contributed by atoms with E-state index in [0.29, 0.717) is 11.3 Å². The summed E-state index contributed by atoms with van der Waals surface area (Å²) >= 11 is 0. The van der Waals surface area contributed by atoms with Crippen LogP contribution in [0.4, 0.5) is 5.69 Å². The molecule has 1 amide bonds. The molecular formula is C11H13NO3. The van der Waals surface area contributed by atoms with Crippen molar-refractivity contribution >= 4 is 11.6 Å². The zero-order valence-electron chi connectivity index (χ0n) is 8.47. The van der Waals surface area contributed by atoms with Crippen molar-refractivity contribution < 1.29 is 15.0 Å². The van der Waals surface area contributed by atoms with E-state index in [-0.39, 0.29) is 11.7 Å². The molecule has 0 heterocycles. The fourth-order valence-corrected chi connectivity index (χ4v) is 1.13. The molecule has 2 N–H and O–H groups in total. The van der Waals surface area contributed by atoms with Crippen molar-refractivity contribution in [1.29, 1.82) is 0 Å². The number of aliphatic hydroxyl groups excluding tert-OH is 1. The quantitative estimate of drug-likeness (QED) is 0.579. The molecule has 1 rings (SSSR count). The van der Waals surface area contributed by atoms with Crippen molar-refractivity contribution in [2.45, 2.75) is 6.92 Å². The maximum atomic E-state index is 11.6. The van der Waals surface area contributed by atoms with E-state index in [1.165, 1.54) is 17.0 Å². The zero-order valence-corrected chi connectivity index (χ0v) is 8.47. The molecule has 0 spiro atoms. The lowest BCUT2D eigenvalue weighted by atomic mass is 10.2. The summed E-state index contributed by atoms with van der Waals surface area (Å²) in [6, 6.07) is 5.99. The second kappa shape index (κ2) is 4.61. The number of phenols is 1. The maximum Gasteiger partial charge on any atom is 0.255 e. The molecule has 0 fully saturated rings. The van der Waals surface area contributed by atoms with Gasteiger partial charge in [0.15, 0.2) is 0 Å². The number of aliphatic hydroxyl groups is 1. The summed E-state index contributed by atoms with van der Waals surface area (Å²) in [5.41, 5.74) is 0.862. The number of amides is 1. The maximum absolute atomic E-state index is 11.6. The lowest BCUT2D eigenvalue weighted by Gasteiger charge is -2.19. The van der Waals surface area contributed by atoms with Crippen LogP contribution in [-0.2, 0) is 4.79 Å². The van der Waals surface area contributed by atoms with Crippen LogP contribution in [0.3, 0.4) is 0 Å². The van der Waals surface area contributed by atoms with Crippen LogP contribution in [0.25, 0.3) is 0 Å². The lowest BCUT2D eigenvalue weighted by Crippen LogP contribution is -2.31. The van der Waals surface area contributed by atoms with Gasteiger partial charge >= 0.3 is 0 Å². The molecule has 0 radical (unpaired) electrons. The van der Waals surface area contributed by atoms with Gasteiger partial charge in [-0.25, -0.2) is 0 Å². The van der Waals surface area contributed by atoms with Crippen molar-refractivity contribution in [2.24, 2.45) is 0 Å². The molecular weight excluding hydrogens is 194 g/mol. The first-order valence-electron chi connectivity index (χ1n) is 4.43. The minimum atomic E-state index is -0.420. The Kier molecular flexibility index (Phi) is 3.46. The number of hydrogen-bond acceptors (Lipinski definition) is 3. The highest BCUT2D eigenvalue weighted by Gasteiger charge is 2.14. The number of aromatic hydroxyl groups is 1. The summed E-state index contributed by atoms with van der Waals surface area (Å²) in [5.74, 6) is -0.234. The number of carbonyl (C=O) groups is 1. The number of rotatable bonds is 3. The monoisotopic (exact) mass is 207 g/mol. The van der Waals surface area contributed by atoms with E-state index in [1.807, 2.05) is 0 Å². The molecule has 0 aliphatic carbocycles. The third-order valence-electron chi connectivity index (χ3n) is 1.91. The largest absolute Gasteiger partial charge is 0.508 e. The summed E-state index contributed by atoms with van der Waals surface area (Å²) < 4.78 is 0. The number of benzene rings is 1. The van der Waals surface area contributed by atoms with Crippen LogP contribution in [0.5, 0.6) is 5.75 Å². The van der Waals surface area contributed by atoms with Crippen molar-refractivity contribution in [1.82, 2.24) is 0 Å². The molecule has 4 heteroatoms. The van der Waals surface area contributed by atoms with Gasteiger partial charge in [-0.15, -0.1) is 0 Å². The Hall–Kier alpha value is -1.81. The van der Waals surface area contributed by atoms with Crippen molar-refractivity contribution in [3.05, 3.63) is 36.4 Å². The first kappa shape index (κ1) is 11.3. The smallest absolute Gasteiger partial charge is 0.255 e. The van der Waals surface area contributed by atoms with E-state index in [4.69, 9.17) is 10.2 Å². The summed E-state index contributed by atoms with van der Waals surface area (Å²) in [6.07, 6.45) is 0. The molecule has 0 aliphatic rings. The van der Waals surface area contributed by atoms with Crippen molar-refractivity contribution in [3.8, 4) is 5.75 Å². The normalized spacial score (nSPS) is 9.73. The average Bonchev–Trinajstić information content (AvgIpc) is 2.21. The summed E-state index contributed by atoms with van der Waals surface area (Å²) in [4.78, 5) is 12.7. The minimum absolute atomic E-state index is 0.111. The van der Waals surface area contributed by atoms with Gasteiger partial charge in [0, 0.05) is 11.3 Å². The van der Waals surface area contributed by atoms with E-state index < -0.39 is 6.73 Å². The highest BCUT2D eigenvalue weighted by atomic mass is 16.3. The molecule has 0 bridgehead atoms. The highest BCUT2D eigenvalue weighted by Crippen LogP contribution is 2.19. The fourth-order valence-electron chi connectivity index (χ4n) is 1.13. The Labute approximate surface area is 88.1 Å². The predicted molar refractivity (Wildman–Crippen MR) is 57.5 cm³/mol. The van der Waals surface area contributed by atoms with E-state index in [0.717, 1.165) is 0 Å². The minimum Gasteiger partial charge on any atom is -0.508 e. The lowest BCUT2D eigenvalue weighted by molar-refractivity contribution is -0.115. The molecule has 4 nitrogen and oxygen atoms in total. The van der Waals surface area contributed by atoms with Gasteiger partial charge in [-0.1, -0.05) is 6.58 Å². The third kappa shape index (κ3) is 2.57. The number of carbonyl (C=O) groups excluding carboxylic acids is 1. The Morgan fingerprint density at radius 3 is 2.33 bits per heavy atom. The van der Waals surface area contributed by atoms with Gasteiger partial charge in [-0.3, -0.25) is 9.69 Å². The fraction of sp³-hybridized carbons (Fsp3) is 0.182. The van der Waals surface area contributed by atoms with E-state index in [9.17, 15) is 4.79 Å². The Morgan fingerprint density at radius 2 is 1.93 bits per heavy atom. The number of hydrogen-bond donors (Lipinski definition) is 2. The summed E-state index contributed by atoms with van der Waals surface area (Å²) in [7, 11) is 0. The van der Waals surface area contributed by atoms with Crippen molar-refractivity contribution in [2.75, 3.05) is 11.6 Å². The molecule has 0 aromatic heterocycles. The van der Waals surface area contributed by atoms with Crippen LogP contribution in [0.15, 0.2) is 36.4 Å². The van der Waals surface area contributed by atoms with Crippen molar-refractivity contribution in [3.63, 3.8) is 0 Å².